The van der Waals surface area contributed by atoms with Crippen molar-refractivity contribution in [2.45, 2.75) is 20.0 Å². The molecule has 0 aliphatic heterocycles. The van der Waals surface area contributed by atoms with Gasteiger partial charge < -0.3 is 15.6 Å². The van der Waals surface area contributed by atoms with Crippen LogP contribution in [0.3, 0.4) is 0 Å². The zero-order valence-corrected chi connectivity index (χ0v) is 7.95. The molecule has 0 bridgehead atoms. The smallest absolute Gasteiger partial charge is 0.124 e. The van der Waals surface area contributed by atoms with Crippen LogP contribution >= 0.6 is 0 Å². The molecule has 0 saturated heterocycles. The molecular weight excluding hydrogens is 166 g/mol. The van der Waals surface area contributed by atoms with Crippen molar-refractivity contribution in [3.05, 3.63) is 23.8 Å². The van der Waals surface area contributed by atoms with Crippen molar-refractivity contribution >= 4 is 5.69 Å². The number of ether oxygens (including phenoxy) is 1. The van der Waals surface area contributed by atoms with E-state index in [2.05, 4.69) is 0 Å². The van der Waals surface area contributed by atoms with Crippen molar-refractivity contribution in [2.24, 2.45) is 0 Å². The Morgan fingerprint density at radius 1 is 1.54 bits per heavy atom. The summed E-state index contributed by atoms with van der Waals surface area (Å²) in [4.78, 5) is 0. The monoisotopic (exact) mass is 181 g/mol. The Labute approximate surface area is 78.1 Å². The van der Waals surface area contributed by atoms with E-state index in [4.69, 9.17) is 15.6 Å². The van der Waals surface area contributed by atoms with Crippen molar-refractivity contribution < 1.29 is 9.84 Å². The highest BCUT2D eigenvalue weighted by atomic mass is 16.5. The number of aliphatic hydroxyl groups is 1. The molecule has 1 atom stereocenters. The SMILES string of the molecule is Cc1ccc(N)cc1OCC(C)O. The van der Waals surface area contributed by atoms with E-state index in [1.54, 1.807) is 13.0 Å². The highest BCUT2D eigenvalue weighted by Crippen LogP contribution is 2.20. The minimum atomic E-state index is -0.458. The summed E-state index contributed by atoms with van der Waals surface area (Å²) in [6, 6.07) is 5.48. The lowest BCUT2D eigenvalue weighted by Gasteiger charge is -2.10. The summed E-state index contributed by atoms with van der Waals surface area (Å²) in [7, 11) is 0. The summed E-state index contributed by atoms with van der Waals surface area (Å²) in [5.74, 6) is 0.737. The van der Waals surface area contributed by atoms with Gasteiger partial charge in [0, 0.05) is 11.8 Å². The summed E-state index contributed by atoms with van der Waals surface area (Å²) >= 11 is 0. The third-order valence-electron chi connectivity index (χ3n) is 1.69. The highest BCUT2D eigenvalue weighted by Gasteiger charge is 2.01. The van der Waals surface area contributed by atoms with Crippen molar-refractivity contribution in [2.75, 3.05) is 12.3 Å². The number of aliphatic hydroxyl groups excluding tert-OH is 1. The maximum atomic E-state index is 9.02. The topological polar surface area (TPSA) is 55.5 Å². The lowest BCUT2D eigenvalue weighted by molar-refractivity contribution is 0.122. The molecule has 1 unspecified atom stereocenters. The van der Waals surface area contributed by atoms with Gasteiger partial charge >= 0.3 is 0 Å². The van der Waals surface area contributed by atoms with Crippen molar-refractivity contribution in [3.63, 3.8) is 0 Å². The van der Waals surface area contributed by atoms with E-state index < -0.39 is 6.10 Å². The molecule has 1 aromatic carbocycles. The van der Waals surface area contributed by atoms with Crippen LogP contribution in [-0.2, 0) is 0 Å². The van der Waals surface area contributed by atoms with Crippen LogP contribution in [0.25, 0.3) is 0 Å². The van der Waals surface area contributed by atoms with Gasteiger partial charge in [-0.25, -0.2) is 0 Å². The standard InChI is InChI=1S/C10H15NO2/c1-7-3-4-9(11)5-10(7)13-6-8(2)12/h3-5,8,12H,6,11H2,1-2H3. The predicted octanol–water partition coefficient (Wildman–Crippen LogP) is 1.34. The van der Waals surface area contributed by atoms with Crippen LogP contribution in [0.4, 0.5) is 5.69 Å². The van der Waals surface area contributed by atoms with Gasteiger partial charge in [0.05, 0.1) is 6.10 Å². The van der Waals surface area contributed by atoms with Gasteiger partial charge in [-0.2, -0.15) is 0 Å². The van der Waals surface area contributed by atoms with Gasteiger partial charge in [0.25, 0.3) is 0 Å². The maximum absolute atomic E-state index is 9.02. The Morgan fingerprint density at radius 2 is 2.23 bits per heavy atom. The molecule has 0 aliphatic carbocycles. The van der Waals surface area contributed by atoms with Gasteiger partial charge in [-0.05, 0) is 25.5 Å². The van der Waals surface area contributed by atoms with Crippen LogP contribution in [0.2, 0.25) is 0 Å². The fourth-order valence-corrected chi connectivity index (χ4v) is 0.983. The zero-order chi connectivity index (χ0) is 9.84. The van der Waals surface area contributed by atoms with E-state index in [0.717, 1.165) is 11.3 Å². The summed E-state index contributed by atoms with van der Waals surface area (Å²) < 4.78 is 5.35. The Kier molecular flexibility index (Phi) is 3.14. The highest BCUT2D eigenvalue weighted by molar-refractivity contribution is 5.47. The predicted molar refractivity (Wildman–Crippen MR) is 52.8 cm³/mol. The van der Waals surface area contributed by atoms with Crippen LogP contribution in [0.1, 0.15) is 12.5 Å². The molecule has 3 nitrogen and oxygen atoms in total. The number of rotatable bonds is 3. The first kappa shape index (κ1) is 9.86. The summed E-state index contributed by atoms with van der Waals surface area (Å²) in [6.07, 6.45) is -0.458. The van der Waals surface area contributed by atoms with Crippen molar-refractivity contribution in [3.8, 4) is 5.75 Å². The quantitative estimate of drug-likeness (QED) is 0.692. The second-order valence-electron chi connectivity index (χ2n) is 3.18. The first-order valence-corrected chi connectivity index (χ1v) is 4.26. The number of benzene rings is 1. The summed E-state index contributed by atoms with van der Waals surface area (Å²) in [6.45, 7) is 3.92. The lowest BCUT2D eigenvalue weighted by atomic mass is 10.2. The molecule has 0 radical (unpaired) electrons. The fraction of sp³-hybridized carbons (Fsp3) is 0.400. The largest absolute Gasteiger partial charge is 0.491 e. The Hall–Kier alpha value is -1.22. The van der Waals surface area contributed by atoms with E-state index in [9.17, 15) is 0 Å². The number of hydrogen-bond acceptors (Lipinski definition) is 3. The first-order valence-electron chi connectivity index (χ1n) is 4.26. The molecule has 0 aliphatic rings. The third kappa shape index (κ3) is 2.95. The molecule has 3 N–H and O–H groups in total. The number of nitrogens with two attached hydrogens (primary N) is 1. The molecule has 0 amide bonds. The van der Waals surface area contributed by atoms with Gasteiger partial charge in [-0.1, -0.05) is 6.07 Å². The number of anilines is 1. The van der Waals surface area contributed by atoms with Gasteiger partial charge in [0.2, 0.25) is 0 Å². The molecular formula is C10H15NO2. The van der Waals surface area contributed by atoms with Gasteiger partial charge in [0.15, 0.2) is 0 Å². The molecule has 0 fully saturated rings. The second-order valence-corrected chi connectivity index (χ2v) is 3.18. The van der Waals surface area contributed by atoms with Gasteiger partial charge in [-0.3, -0.25) is 0 Å². The van der Waals surface area contributed by atoms with E-state index in [-0.39, 0.29) is 0 Å². The normalized spacial score (nSPS) is 12.5. The van der Waals surface area contributed by atoms with Crippen molar-refractivity contribution in [1.29, 1.82) is 0 Å². The Bertz CT molecular complexity index is 284. The molecule has 3 heteroatoms. The van der Waals surface area contributed by atoms with Crippen LogP contribution in [0.5, 0.6) is 5.75 Å². The minimum absolute atomic E-state index is 0.296. The van der Waals surface area contributed by atoms with Crippen LogP contribution in [0, 0.1) is 6.92 Å². The van der Waals surface area contributed by atoms with Gasteiger partial charge in [-0.15, -0.1) is 0 Å². The molecule has 13 heavy (non-hydrogen) atoms. The number of aryl methyl sites for hydroxylation is 1. The van der Waals surface area contributed by atoms with Crippen molar-refractivity contribution in [1.82, 2.24) is 0 Å². The Morgan fingerprint density at radius 3 is 2.85 bits per heavy atom. The lowest BCUT2D eigenvalue weighted by Crippen LogP contribution is -2.13. The maximum Gasteiger partial charge on any atom is 0.124 e. The summed E-state index contributed by atoms with van der Waals surface area (Å²) in [5.41, 5.74) is 7.29. The summed E-state index contributed by atoms with van der Waals surface area (Å²) in [5, 5.41) is 9.02. The molecule has 72 valence electrons. The molecule has 0 heterocycles. The Balaban J connectivity index is 2.70. The average Bonchev–Trinajstić information content (AvgIpc) is 2.06. The average molecular weight is 181 g/mol. The molecule has 0 aromatic heterocycles. The molecule has 0 spiro atoms. The van der Waals surface area contributed by atoms with E-state index in [1.807, 2.05) is 19.1 Å². The number of hydrogen-bond donors (Lipinski definition) is 2. The molecule has 0 saturated carbocycles. The van der Waals surface area contributed by atoms with E-state index >= 15 is 0 Å². The van der Waals surface area contributed by atoms with E-state index in [1.165, 1.54) is 0 Å². The van der Waals surface area contributed by atoms with Gasteiger partial charge in [0.1, 0.15) is 12.4 Å². The van der Waals surface area contributed by atoms with Crippen LogP contribution < -0.4 is 10.5 Å². The number of nitrogen functional groups attached to an aromatic ring is 1. The zero-order valence-electron chi connectivity index (χ0n) is 7.95. The molecule has 1 rings (SSSR count). The van der Waals surface area contributed by atoms with Crippen LogP contribution in [-0.4, -0.2) is 17.8 Å². The fourth-order valence-electron chi connectivity index (χ4n) is 0.983. The third-order valence-corrected chi connectivity index (χ3v) is 1.69. The minimum Gasteiger partial charge on any atom is -0.491 e. The second kappa shape index (κ2) is 4.14. The van der Waals surface area contributed by atoms with E-state index in [0.29, 0.717) is 12.3 Å². The molecule has 1 aromatic rings. The van der Waals surface area contributed by atoms with Crippen LogP contribution in [0.15, 0.2) is 18.2 Å². The first-order chi connectivity index (χ1) is 6.09.